The number of benzene rings is 1. The average molecular weight is 278 g/mol. The molecule has 1 aliphatic rings. The molecule has 3 rings (SSSR count). The highest BCUT2D eigenvalue weighted by molar-refractivity contribution is 7.15. The SMILES string of the molecule is CNC(c1ccc(-c2cccc(Cl)c2)s1)C1CC1. The highest BCUT2D eigenvalue weighted by Gasteiger charge is 2.32. The Morgan fingerprint density at radius 1 is 1.28 bits per heavy atom. The Hall–Kier alpha value is -0.830. The zero-order chi connectivity index (χ0) is 12.5. The van der Waals surface area contributed by atoms with Crippen LogP contribution in [0.5, 0.6) is 0 Å². The monoisotopic (exact) mass is 277 g/mol. The molecule has 0 radical (unpaired) electrons. The summed E-state index contributed by atoms with van der Waals surface area (Å²) in [5.41, 5.74) is 1.21. The number of halogens is 1. The van der Waals surface area contributed by atoms with Gasteiger partial charge in [-0.25, -0.2) is 0 Å². The molecule has 1 atom stereocenters. The van der Waals surface area contributed by atoms with Crippen LogP contribution in [0.3, 0.4) is 0 Å². The highest BCUT2D eigenvalue weighted by Crippen LogP contribution is 2.44. The van der Waals surface area contributed by atoms with Crippen LogP contribution in [-0.2, 0) is 0 Å². The van der Waals surface area contributed by atoms with Gasteiger partial charge in [-0.15, -0.1) is 11.3 Å². The van der Waals surface area contributed by atoms with Gasteiger partial charge in [-0.3, -0.25) is 0 Å². The Morgan fingerprint density at radius 2 is 2.11 bits per heavy atom. The second kappa shape index (κ2) is 5.04. The Labute approximate surface area is 117 Å². The van der Waals surface area contributed by atoms with Crippen LogP contribution in [0.2, 0.25) is 5.02 Å². The molecule has 2 aromatic rings. The summed E-state index contributed by atoms with van der Waals surface area (Å²) in [4.78, 5) is 2.74. The molecule has 3 heteroatoms. The molecule has 1 heterocycles. The largest absolute Gasteiger partial charge is 0.312 e. The van der Waals surface area contributed by atoms with Gasteiger partial charge in [-0.2, -0.15) is 0 Å². The Kier molecular flexibility index (Phi) is 3.42. The van der Waals surface area contributed by atoms with Crippen LogP contribution in [-0.4, -0.2) is 7.05 Å². The second-order valence-corrected chi connectivity index (χ2v) is 6.37. The van der Waals surface area contributed by atoms with Gasteiger partial charge in [0.25, 0.3) is 0 Å². The van der Waals surface area contributed by atoms with Gasteiger partial charge >= 0.3 is 0 Å². The summed E-state index contributed by atoms with van der Waals surface area (Å²) in [6, 6.07) is 13.1. The Balaban J connectivity index is 1.88. The van der Waals surface area contributed by atoms with Crippen molar-refractivity contribution in [1.82, 2.24) is 5.32 Å². The fraction of sp³-hybridized carbons (Fsp3) is 0.333. The minimum atomic E-state index is 0.530. The average Bonchev–Trinajstić information content (AvgIpc) is 3.07. The first-order chi connectivity index (χ1) is 8.78. The normalized spacial score (nSPS) is 16.8. The smallest absolute Gasteiger partial charge is 0.0441 e. The van der Waals surface area contributed by atoms with Gasteiger partial charge in [0.2, 0.25) is 0 Å². The molecule has 1 aromatic carbocycles. The van der Waals surface area contributed by atoms with Crippen LogP contribution in [0.1, 0.15) is 23.8 Å². The van der Waals surface area contributed by atoms with E-state index in [0.29, 0.717) is 6.04 Å². The molecular formula is C15H16ClNS. The molecule has 1 aromatic heterocycles. The van der Waals surface area contributed by atoms with Gasteiger partial charge in [0.05, 0.1) is 0 Å². The van der Waals surface area contributed by atoms with E-state index < -0.39 is 0 Å². The number of hydrogen-bond acceptors (Lipinski definition) is 2. The van der Waals surface area contributed by atoms with Crippen LogP contribution in [0.15, 0.2) is 36.4 Å². The molecule has 1 N–H and O–H groups in total. The summed E-state index contributed by atoms with van der Waals surface area (Å²) in [6.07, 6.45) is 2.71. The van der Waals surface area contributed by atoms with Crippen LogP contribution in [0.25, 0.3) is 10.4 Å². The molecule has 1 aliphatic carbocycles. The van der Waals surface area contributed by atoms with Gasteiger partial charge in [0, 0.05) is 20.8 Å². The third-order valence-corrected chi connectivity index (χ3v) is 4.90. The van der Waals surface area contributed by atoms with Crippen molar-refractivity contribution in [2.24, 2.45) is 5.92 Å². The lowest BCUT2D eigenvalue weighted by molar-refractivity contribution is 0.537. The molecule has 0 aliphatic heterocycles. The van der Waals surface area contributed by atoms with Gasteiger partial charge in [0.15, 0.2) is 0 Å². The summed E-state index contributed by atoms with van der Waals surface area (Å²) < 4.78 is 0. The van der Waals surface area contributed by atoms with Crippen LogP contribution in [0.4, 0.5) is 0 Å². The van der Waals surface area contributed by atoms with Crippen molar-refractivity contribution in [1.29, 1.82) is 0 Å². The lowest BCUT2D eigenvalue weighted by Gasteiger charge is -2.12. The van der Waals surface area contributed by atoms with E-state index in [4.69, 9.17) is 11.6 Å². The fourth-order valence-corrected chi connectivity index (χ4v) is 3.76. The molecule has 18 heavy (non-hydrogen) atoms. The fourth-order valence-electron chi connectivity index (χ4n) is 2.36. The predicted molar refractivity (Wildman–Crippen MR) is 79.3 cm³/mol. The number of hydrogen-bond donors (Lipinski definition) is 1. The third-order valence-electron chi connectivity index (χ3n) is 3.45. The lowest BCUT2D eigenvalue weighted by atomic mass is 10.1. The third kappa shape index (κ3) is 2.46. The zero-order valence-electron chi connectivity index (χ0n) is 10.3. The first kappa shape index (κ1) is 12.2. The van der Waals surface area contributed by atoms with E-state index in [1.807, 2.05) is 29.5 Å². The van der Waals surface area contributed by atoms with Crippen molar-refractivity contribution >= 4 is 22.9 Å². The minimum Gasteiger partial charge on any atom is -0.312 e. The molecule has 94 valence electrons. The van der Waals surface area contributed by atoms with Crippen molar-refractivity contribution in [3.63, 3.8) is 0 Å². The minimum absolute atomic E-state index is 0.530. The molecule has 0 saturated heterocycles. The molecule has 0 amide bonds. The first-order valence-corrected chi connectivity index (χ1v) is 7.50. The van der Waals surface area contributed by atoms with Crippen molar-refractivity contribution < 1.29 is 0 Å². The summed E-state index contributed by atoms with van der Waals surface area (Å²) in [5.74, 6) is 0.834. The van der Waals surface area contributed by atoms with Crippen LogP contribution in [0, 0.1) is 5.92 Å². The molecule has 1 fully saturated rings. The van der Waals surface area contributed by atoms with E-state index in [2.05, 4.69) is 30.6 Å². The van der Waals surface area contributed by atoms with Gasteiger partial charge in [-0.1, -0.05) is 23.7 Å². The predicted octanol–water partition coefficient (Wildman–Crippen LogP) is 4.74. The van der Waals surface area contributed by atoms with Crippen molar-refractivity contribution in [2.45, 2.75) is 18.9 Å². The topological polar surface area (TPSA) is 12.0 Å². The Morgan fingerprint density at radius 3 is 2.78 bits per heavy atom. The molecule has 1 unspecified atom stereocenters. The maximum Gasteiger partial charge on any atom is 0.0441 e. The molecule has 0 bridgehead atoms. The maximum absolute atomic E-state index is 6.04. The molecular weight excluding hydrogens is 262 g/mol. The van der Waals surface area contributed by atoms with Crippen molar-refractivity contribution in [3.05, 3.63) is 46.3 Å². The standard InChI is InChI=1S/C15H16ClNS/c1-17-15(10-5-6-10)14-8-7-13(18-14)11-3-2-4-12(16)9-11/h2-4,7-10,15,17H,5-6H2,1H3. The van der Waals surface area contributed by atoms with Crippen LogP contribution >= 0.6 is 22.9 Å². The van der Waals surface area contributed by atoms with E-state index >= 15 is 0 Å². The number of thiophene rings is 1. The van der Waals surface area contributed by atoms with E-state index in [1.54, 1.807) is 0 Å². The van der Waals surface area contributed by atoms with Crippen molar-refractivity contribution in [2.75, 3.05) is 7.05 Å². The van der Waals surface area contributed by atoms with E-state index in [0.717, 1.165) is 10.9 Å². The zero-order valence-corrected chi connectivity index (χ0v) is 11.9. The van der Waals surface area contributed by atoms with E-state index in [-0.39, 0.29) is 0 Å². The summed E-state index contributed by atoms with van der Waals surface area (Å²) in [7, 11) is 2.06. The highest BCUT2D eigenvalue weighted by atomic mass is 35.5. The van der Waals surface area contributed by atoms with Gasteiger partial charge < -0.3 is 5.32 Å². The number of rotatable bonds is 4. The molecule has 1 nitrogen and oxygen atoms in total. The quantitative estimate of drug-likeness (QED) is 0.851. The second-order valence-electron chi connectivity index (χ2n) is 4.82. The first-order valence-electron chi connectivity index (χ1n) is 6.31. The summed E-state index contributed by atoms with van der Waals surface area (Å²) >= 11 is 7.92. The van der Waals surface area contributed by atoms with E-state index in [1.165, 1.54) is 28.2 Å². The number of nitrogens with one attached hydrogen (secondary N) is 1. The Bertz CT molecular complexity index is 545. The molecule has 1 saturated carbocycles. The molecule has 0 spiro atoms. The maximum atomic E-state index is 6.04. The lowest BCUT2D eigenvalue weighted by Crippen LogP contribution is -2.16. The van der Waals surface area contributed by atoms with Gasteiger partial charge in [0.1, 0.15) is 0 Å². The van der Waals surface area contributed by atoms with Crippen molar-refractivity contribution in [3.8, 4) is 10.4 Å². The summed E-state index contributed by atoms with van der Waals surface area (Å²) in [5, 5.41) is 4.24. The summed E-state index contributed by atoms with van der Waals surface area (Å²) in [6.45, 7) is 0. The van der Waals surface area contributed by atoms with Gasteiger partial charge in [-0.05, 0) is 55.6 Å². The van der Waals surface area contributed by atoms with Crippen LogP contribution < -0.4 is 5.32 Å². The van der Waals surface area contributed by atoms with E-state index in [9.17, 15) is 0 Å².